The van der Waals surface area contributed by atoms with Crippen molar-refractivity contribution in [3.63, 3.8) is 0 Å². The van der Waals surface area contributed by atoms with Crippen molar-refractivity contribution >= 4 is 5.78 Å². The second-order valence-electron chi connectivity index (χ2n) is 7.99. The fourth-order valence-corrected chi connectivity index (χ4v) is 4.39. The van der Waals surface area contributed by atoms with E-state index in [0.717, 1.165) is 55.4 Å². The first-order chi connectivity index (χ1) is 11.4. The number of hydrogen-bond acceptors (Lipinski definition) is 3. The zero-order valence-electron chi connectivity index (χ0n) is 15.3. The molecule has 0 radical (unpaired) electrons. The Kier molecular flexibility index (Phi) is 4.74. The van der Waals surface area contributed by atoms with E-state index in [1.54, 1.807) is 0 Å². The Morgan fingerprint density at radius 3 is 2.50 bits per heavy atom. The number of carbonyl (C=O) groups excluding carboxylic acids is 1. The van der Waals surface area contributed by atoms with E-state index in [9.17, 15) is 9.90 Å². The standard InChI is InChI=1S/C21H30O3/c1-4-6-8-21(23,9-7-5-2)16-10-15-11-17(22)13-20(3)14-24-18(12-16)19(15)20/h10,12,23H,4-9,11,13-14H2,1-3H3/t20-/m0/s1. The highest BCUT2D eigenvalue weighted by Crippen LogP contribution is 2.48. The summed E-state index contributed by atoms with van der Waals surface area (Å²) >= 11 is 0. The quantitative estimate of drug-likeness (QED) is 0.805. The van der Waals surface area contributed by atoms with Gasteiger partial charge in [-0.05, 0) is 30.0 Å². The molecule has 0 fully saturated rings. The molecule has 3 heteroatoms. The highest BCUT2D eigenvalue weighted by Gasteiger charge is 2.44. The molecule has 1 aliphatic carbocycles. The van der Waals surface area contributed by atoms with Crippen LogP contribution in [0.15, 0.2) is 12.1 Å². The van der Waals surface area contributed by atoms with Crippen LogP contribution in [0, 0.1) is 0 Å². The van der Waals surface area contributed by atoms with Crippen LogP contribution in [0.5, 0.6) is 5.75 Å². The minimum absolute atomic E-state index is 0.177. The van der Waals surface area contributed by atoms with E-state index in [4.69, 9.17) is 4.74 Å². The molecule has 0 bridgehead atoms. The van der Waals surface area contributed by atoms with Gasteiger partial charge in [0.15, 0.2) is 0 Å². The van der Waals surface area contributed by atoms with E-state index in [1.807, 2.05) is 6.07 Å². The van der Waals surface area contributed by atoms with Crippen molar-refractivity contribution < 1.29 is 14.6 Å². The average Bonchev–Trinajstić information content (AvgIpc) is 2.88. The lowest BCUT2D eigenvalue weighted by Gasteiger charge is -2.32. The predicted molar refractivity (Wildman–Crippen MR) is 95.6 cm³/mol. The zero-order valence-corrected chi connectivity index (χ0v) is 15.3. The Labute approximate surface area is 145 Å². The molecule has 132 valence electrons. The Morgan fingerprint density at radius 1 is 1.21 bits per heavy atom. The molecule has 2 aliphatic rings. The molecule has 1 aromatic carbocycles. The predicted octanol–water partition coefficient (Wildman–Crippen LogP) is 4.42. The summed E-state index contributed by atoms with van der Waals surface area (Å²) in [7, 11) is 0. The molecular weight excluding hydrogens is 300 g/mol. The van der Waals surface area contributed by atoms with Crippen LogP contribution >= 0.6 is 0 Å². The van der Waals surface area contributed by atoms with Crippen molar-refractivity contribution in [1.82, 2.24) is 0 Å². The highest BCUT2D eigenvalue weighted by atomic mass is 16.5. The summed E-state index contributed by atoms with van der Waals surface area (Å²) in [5, 5.41) is 11.4. The lowest BCUT2D eigenvalue weighted by molar-refractivity contribution is -0.120. The van der Waals surface area contributed by atoms with Gasteiger partial charge in [-0.25, -0.2) is 0 Å². The minimum atomic E-state index is -0.805. The van der Waals surface area contributed by atoms with Crippen LogP contribution in [-0.4, -0.2) is 17.5 Å². The summed E-state index contributed by atoms with van der Waals surface area (Å²) in [5.41, 5.74) is 2.24. The Hall–Kier alpha value is -1.35. The van der Waals surface area contributed by atoms with Crippen molar-refractivity contribution in [3.05, 3.63) is 28.8 Å². The fourth-order valence-electron chi connectivity index (χ4n) is 4.39. The lowest BCUT2D eigenvalue weighted by Crippen LogP contribution is -2.33. The molecule has 0 amide bonds. The van der Waals surface area contributed by atoms with Crippen LogP contribution in [0.4, 0.5) is 0 Å². The van der Waals surface area contributed by atoms with Crippen LogP contribution in [0.1, 0.15) is 82.4 Å². The minimum Gasteiger partial charge on any atom is -0.492 e. The van der Waals surface area contributed by atoms with E-state index in [0.29, 0.717) is 19.4 Å². The third-order valence-electron chi connectivity index (χ3n) is 5.73. The van der Waals surface area contributed by atoms with Gasteiger partial charge in [0.1, 0.15) is 11.5 Å². The molecule has 24 heavy (non-hydrogen) atoms. The number of aliphatic hydroxyl groups is 1. The molecular formula is C21H30O3. The molecule has 0 saturated carbocycles. The van der Waals surface area contributed by atoms with Crippen LogP contribution in [0.25, 0.3) is 0 Å². The zero-order chi connectivity index (χ0) is 17.4. The van der Waals surface area contributed by atoms with Crippen molar-refractivity contribution in [2.45, 2.75) is 83.2 Å². The van der Waals surface area contributed by atoms with E-state index in [2.05, 4.69) is 26.8 Å². The van der Waals surface area contributed by atoms with Crippen LogP contribution in [-0.2, 0) is 22.2 Å². The largest absolute Gasteiger partial charge is 0.492 e. The van der Waals surface area contributed by atoms with Gasteiger partial charge in [0.2, 0.25) is 0 Å². The van der Waals surface area contributed by atoms with Gasteiger partial charge in [0.05, 0.1) is 12.2 Å². The number of unbranched alkanes of at least 4 members (excludes halogenated alkanes) is 2. The average molecular weight is 330 g/mol. The molecule has 1 aliphatic heterocycles. The second-order valence-corrected chi connectivity index (χ2v) is 7.99. The summed E-state index contributed by atoms with van der Waals surface area (Å²) in [4.78, 5) is 12.2. The van der Waals surface area contributed by atoms with Crippen molar-refractivity contribution in [3.8, 4) is 5.75 Å². The van der Waals surface area contributed by atoms with E-state index >= 15 is 0 Å². The third-order valence-corrected chi connectivity index (χ3v) is 5.73. The summed E-state index contributed by atoms with van der Waals surface area (Å²) in [5.74, 6) is 1.17. The molecule has 0 saturated heterocycles. The van der Waals surface area contributed by atoms with Gasteiger partial charge in [-0.1, -0.05) is 52.5 Å². The number of ketones is 1. The van der Waals surface area contributed by atoms with E-state index in [1.165, 1.54) is 5.56 Å². The molecule has 0 spiro atoms. The topological polar surface area (TPSA) is 46.5 Å². The Balaban J connectivity index is 2.02. The third kappa shape index (κ3) is 2.99. The summed E-state index contributed by atoms with van der Waals surface area (Å²) < 4.78 is 5.96. The maximum absolute atomic E-state index is 12.2. The van der Waals surface area contributed by atoms with Crippen LogP contribution in [0.3, 0.4) is 0 Å². The maximum Gasteiger partial charge on any atom is 0.138 e. The molecule has 3 nitrogen and oxygen atoms in total. The second kappa shape index (κ2) is 6.51. The summed E-state index contributed by atoms with van der Waals surface area (Å²) in [6, 6.07) is 4.14. The first kappa shape index (κ1) is 17.5. The van der Waals surface area contributed by atoms with Gasteiger partial charge in [-0.3, -0.25) is 4.79 Å². The van der Waals surface area contributed by atoms with Crippen LogP contribution in [0.2, 0.25) is 0 Å². The van der Waals surface area contributed by atoms with Gasteiger partial charge >= 0.3 is 0 Å². The normalized spacial score (nSPS) is 22.4. The fraction of sp³-hybridized carbons (Fsp3) is 0.667. The Bertz CT molecular complexity index is 626. The van der Waals surface area contributed by atoms with Gasteiger partial charge in [0, 0.05) is 23.8 Å². The number of Topliss-reactive ketones (excluding diaryl/α,β-unsaturated/α-hetero) is 1. The number of ether oxygens (including phenoxy) is 1. The Morgan fingerprint density at radius 2 is 1.88 bits per heavy atom. The molecule has 1 heterocycles. The first-order valence-corrected chi connectivity index (χ1v) is 9.46. The lowest BCUT2D eigenvalue weighted by atomic mass is 9.71. The highest BCUT2D eigenvalue weighted by molar-refractivity contribution is 5.86. The number of rotatable bonds is 7. The number of benzene rings is 1. The molecule has 1 aromatic rings. The summed E-state index contributed by atoms with van der Waals surface area (Å²) in [6.45, 7) is 7.01. The van der Waals surface area contributed by atoms with E-state index in [-0.39, 0.29) is 11.2 Å². The number of hydrogen-bond donors (Lipinski definition) is 1. The van der Waals surface area contributed by atoms with Gasteiger partial charge in [0.25, 0.3) is 0 Å². The van der Waals surface area contributed by atoms with E-state index < -0.39 is 5.60 Å². The summed E-state index contributed by atoms with van der Waals surface area (Å²) in [6.07, 6.45) is 6.74. The van der Waals surface area contributed by atoms with Gasteiger partial charge in [-0.15, -0.1) is 0 Å². The molecule has 3 rings (SSSR count). The monoisotopic (exact) mass is 330 g/mol. The first-order valence-electron chi connectivity index (χ1n) is 9.46. The molecule has 0 aromatic heterocycles. The maximum atomic E-state index is 12.2. The SMILES string of the molecule is CCCCC(O)(CCCC)c1cc2c3c(c1)OC[C@]3(C)CC(=O)C2. The van der Waals surface area contributed by atoms with Crippen LogP contribution < -0.4 is 4.74 Å². The smallest absolute Gasteiger partial charge is 0.138 e. The van der Waals surface area contributed by atoms with Crippen molar-refractivity contribution in [2.75, 3.05) is 6.61 Å². The van der Waals surface area contributed by atoms with Gasteiger partial charge in [-0.2, -0.15) is 0 Å². The van der Waals surface area contributed by atoms with Crippen molar-refractivity contribution in [1.29, 1.82) is 0 Å². The number of carbonyl (C=O) groups is 1. The molecule has 0 unspecified atom stereocenters. The molecule has 1 N–H and O–H groups in total. The van der Waals surface area contributed by atoms with Crippen molar-refractivity contribution in [2.24, 2.45) is 0 Å². The molecule has 1 atom stereocenters. The van der Waals surface area contributed by atoms with Gasteiger partial charge < -0.3 is 9.84 Å².